The summed E-state index contributed by atoms with van der Waals surface area (Å²) in [6.07, 6.45) is 8.88. The predicted molar refractivity (Wildman–Crippen MR) is 124 cm³/mol. The number of ketones is 1. The van der Waals surface area contributed by atoms with Crippen molar-refractivity contribution in [2.45, 2.75) is 40.0 Å². The summed E-state index contributed by atoms with van der Waals surface area (Å²) in [6, 6.07) is 7.94. The number of para-hydroxylation sites is 1. The van der Waals surface area contributed by atoms with E-state index in [0.29, 0.717) is 5.56 Å². The Kier molecular flexibility index (Phi) is 8.50. The van der Waals surface area contributed by atoms with Crippen molar-refractivity contribution in [1.82, 2.24) is 0 Å². The van der Waals surface area contributed by atoms with Gasteiger partial charge in [0.05, 0.1) is 12.7 Å². The van der Waals surface area contributed by atoms with E-state index in [1.165, 1.54) is 37.0 Å². The monoisotopic (exact) mass is 422 g/mol. The molecule has 164 valence electrons. The molecule has 0 saturated carbocycles. The molecule has 31 heavy (non-hydrogen) atoms. The molecule has 0 saturated heterocycles. The largest absolute Gasteiger partial charge is 0.507 e. The zero-order chi connectivity index (χ0) is 23.0. The third-order valence-corrected chi connectivity index (χ3v) is 4.92. The van der Waals surface area contributed by atoms with Crippen LogP contribution >= 0.6 is 0 Å². The summed E-state index contributed by atoms with van der Waals surface area (Å²) in [4.78, 5) is 12.7. The Hall–Kier alpha value is -3.47. The molecule has 0 spiro atoms. The second kappa shape index (κ2) is 11.1. The van der Waals surface area contributed by atoms with Gasteiger partial charge in [0, 0.05) is 11.1 Å². The smallest absolute Gasteiger partial charge is 0.189 e. The standard InChI is InChI=1S/C26H30O5/c1-17(2)8-7-9-18(3)12-14-20-25(29)21(16-24(31-4)26(20)30)23(28)15-13-19-10-5-6-11-22(19)27/h5-6,8,10-13,15-16,27,29-30H,7,9,14H2,1-4H3/b15-13+,18-12+. The van der Waals surface area contributed by atoms with Crippen molar-refractivity contribution in [3.63, 3.8) is 0 Å². The molecule has 0 aliphatic heterocycles. The van der Waals surface area contributed by atoms with Gasteiger partial charge in [0.25, 0.3) is 0 Å². The first-order valence-corrected chi connectivity index (χ1v) is 10.2. The summed E-state index contributed by atoms with van der Waals surface area (Å²) >= 11 is 0. The molecule has 0 heterocycles. The summed E-state index contributed by atoms with van der Waals surface area (Å²) in [5, 5.41) is 31.1. The summed E-state index contributed by atoms with van der Waals surface area (Å²) in [6.45, 7) is 6.10. The van der Waals surface area contributed by atoms with Crippen LogP contribution in [0.15, 0.2) is 59.7 Å². The van der Waals surface area contributed by atoms with Gasteiger partial charge >= 0.3 is 0 Å². The van der Waals surface area contributed by atoms with Gasteiger partial charge in [0.2, 0.25) is 0 Å². The number of phenols is 3. The molecule has 0 unspecified atom stereocenters. The quantitative estimate of drug-likeness (QED) is 0.264. The highest BCUT2D eigenvalue weighted by Gasteiger charge is 2.20. The highest BCUT2D eigenvalue weighted by atomic mass is 16.5. The minimum Gasteiger partial charge on any atom is -0.507 e. The van der Waals surface area contributed by atoms with Gasteiger partial charge in [-0.2, -0.15) is 0 Å². The van der Waals surface area contributed by atoms with E-state index in [9.17, 15) is 20.1 Å². The van der Waals surface area contributed by atoms with E-state index >= 15 is 0 Å². The minimum atomic E-state index is -0.468. The molecule has 0 aliphatic carbocycles. The Labute approximate surface area is 183 Å². The number of aromatic hydroxyl groups is 3. The van der Waals surface area contributed by atoms with Gasteiger partial charge in [-0.25, -0.2) is 0 Å². The van der Waals surface area contributed by atoms with E-state index in [0.717, 1.165) is 18.4 Å². The second-order valence-corrected chi connectivity index (χ2v) is 7.63. The minimum absolute atomic E-state index is 0.0203. The molecule has 0 radical (unpaired) electrons. The van der Waals surface area contributed by atoms with Crippen molar-refractivity contribution in [3.05, 3.63) is 76.4 Å². The van der Waals surface area contributed by atoms with Crippen molar-refractivity contribution in [1.29, 1.82) is 0 Å². The molecule has 0 fully saturated rings. The first kappa shape index (κ1) is 23.8. The number of hydrogen-bond acceptors (Lipinski definition) is 5. The van der Waals surface area contributed by atoms with Crippen LogP contribution in [-0.2, 0) is 6.42 Å². The lowest BCUT2D eigenvalue weighted by atomic mass is 9.98. The van der Waals surface area contributed by atoms with E-state index in [-0.39, 0.29) is 40.5 Å². The molecule has 0 aliphatic rings. The highest BCUT2D eigenvalue weighted by molar-refractivity contribution is 6.09. The maximum absolute atomic E-state index is 12.7. The van der Waals surface area contributed by atoms with E-state index in [1.807, 2.05) is 13.0 Å². The van der Waals surface area contributed by atoms with Crippen molar-refractivity contribution >= 4 is 11.9 Å². The molecule has 5 nitrogen and oxygen atoms in total. The lowest BCUT2D eigenvalue weighted by Crippen LogP contribution is -2.00. The summed E-state index contributed by atoms with van der Waals surface area (Å²) in [7, 11) is 1.39. The van der Waals surface area contributed by atoms with E-state index in [4.69, 9.17) is 4.74 Å². The Morgan fingerprint density at radius 1 is 1.03 bits per heavy atom. The van der Waals surface area contributed by atoms with Crippen molar-refractivity contribution in [2.24, 2.45) is 0 Å². The number of rotatable bonds is 9. The number of ether oxygens (including phenoxy) is 1. The molecule has 0 amide bonds. The van der Waals surface area contributed by atoms with Crippen LogP contribution in [0.2, 0.25) is 0 Å². The van der Waals surface area contributed by atoms with E-state index in [1.54, 1.807) is 18.2 Å². The molecule has 2 aromatic carbocycles. The van der Waals surface area contributed by atoms with Crippen molar-refractivity contribution in [3.8, 4) is 23.0 Å². The van der Waals surface area contributed by atoms with Gasteiger partial charge in [-0.3, -0.25) is 4.79 Å². The van der Waals surface area contributed by atoms with Crippen LogP contribution in [0.25, 0.3) is 6.08 Å². The third-order valence-electron chi connectivity index (χ3n) is 4.92. The number of carbonyl (C=O) groups is 1. The van der Waals surface area contributed by atoms with Crippen molar-refractivity contribution in [2.75, 3.05) is 7.11 Å². The summed E-state index contributed by atoms with van der Waals surface area (Å²) < 4.78 is 5.21. The normalized spacial score (nSPS) is 11.5. The average Bonchev–Trinajstić information content (AvgIpc) is 2.72. The lowest BCUT2D eigenvalue weighted by molar-refractivity contribution is 0.104. The fourth-order valence-corrected chi connectivity index (χ4v) is 3.08. The van der Waals surface area contributed by atoms with Crippen molar-refractivity contribution < 1.29 is 24.9 Å². The number of allylic oxidation sites excluding steroid dienone is 5. The van der Waals surface area contributed by atoms with Gasteiger partial charge < -0.3 is 20.1 Å². The topological polar surface area (TPSA) is 87.0 Å². The van der Waals surface area contributed by atoms with Crippen LogP contribution in [0.5, 0.6) is 23.0 Å². The average molecular weight is 423 g/mol. The molecule has 0 atom stereocenters. The number of methoxy groups -OCH3 is 1. The van der Waals surface area contributed by atoms with Gasteiger partial charge in [0.15, 0.2) is 17.3 Å². The zero-order valence-corrected chi connectivity index (χ0v) is 18.5. The van der Waals surface area contributed by atoms with Gasteiger partial charge in [0.1, 0.15) is 11.5 Å². The van der Waals surface area contributed by atoms with E-state index in [2.05, 4.69) is 19.9 Å². The fourth-order valence-electron chi connectivity index (χ4n) is 3.08. The number of carbonyl (C=O) groups excluding carboxylic acids is 1. The molecule has 0 aromatic heterocycles. The van der Waals surface area contributed by atoms with Gasteiger partial charge in [-0.15, -0.1) is 0 Å². The third kappa shape index (κ3) is 6.51. The predicted octanol–water partition coefficient (Wildman–Crippen LogP) is 5.94. The molecule has 3 N–H and O–H groups in total. The molecule has 0 bridgehead atoms. The zero-order valence-electron chi connectivity index (χ0n) is 18.5. The maximum atomic E-state index is 12.7. The number of hydrogen-bond donors (Lipinski definition) is 3. The molecular formula is C26H30O5. The summed E-state index contributed by atoms with van der Waals surface area (Å²) in [5.41, 5.74) is 3.12. The van der Waals surface area contributed by atoms with Gasteiger partial charge in [-0.1, -0.05) is 41.5 Å². The molecule has 5 heteroatoms. The first-order valence-electron chi connectivity index (χ1n) is 10.2. The van der Waals surface area contributed by atoms with Crippen LogP contribution in [0.3, 0.4) is 0 Å². The van der Waals surface area contributed by atoms with Crippen LogP contribution in [-0.4, -0.2) is 28.2 Å². The Morgan fingerprint density at radius 2 is 1.74 bits per heavy atom. The molecule has 2 aromatic rings. The number of benzene rings is 2. The molecule has 2 rings (SSSR count). The summed E-state index contributed by atoms with van der Waals surface area (Å²) in [5.74, 6) is -0.770. The van der Waals surface area contributed by atoms with Crippen LogP contribution in [0.4, 0.5) is 0 Å². The Morgan fingerprint density at radius 3 is 2.39 bits per heavy atom. The second-order valence-electron chi connectivity index (χ2n) is 7.63. The molecular weight excluding hydrogens is 392 g/mol. The fraction of sp³-hybridized carbons (Fsp3) is 0.269. The van der Waals surface area contributed by atoms with Crippen LogP contribution in [0, 0.1) is 0 Å². The van der Waals surface area contributed by atoms with Crippen LogP contribution < -0.4 is 4.74 Å². The van der Waals surface area contributed by atoms with Crippen LogP contribution in [0.1, 0.15) is 55.1 Å². The van der Waals surface area contributed by atoms with Gasteiger partial charge in [-0.05, 0) is 64.3 Å². The maximum Gasteiger partial charge on any atom is 0.189 e. The SMILES string of the molecule is COc1cc(C(=O)/C=C/c2ccccc2O)c(O)c(C/C=C(\C)CCC=C(C)C)c1O. The Balaban J connectivity index is 2.32. The number of phenolic OH excluding ortho intramolecular Hbond substituents is 3. The highest BCUT2D eigenvalue weighted by Crippen LogP contribution is 2.40. The Bertz CT molecular complexity index is 1020. The lowest BCUT2D eigenvalue weighted by Gasteiger charge is -2.13. The first-order chi connectivity index (χ1) is 14.7. The van der Waals surface area contributed by atoms with E-state index < -0.39 is 5.78 Å².